The van der Waals surface area contributed by atoms with Crippen LogP contribution in [0.25, 0.3) is 0 Å². The molecule has 1 aromatic carbocycles. The van der Waals surface area contributed by atoms with Crippen molar-refractivity contribution in [1.82, 2.24) is 0 Å². The van der Waals surface area contributed by atoms with Gasteiger partial charge in [0.05, 0.1) is 0 Å². The standard InChI is InChI=1S/C6H5.C3H3.2CH3.Sn/c1-2-4-6-5-3-1;1-3-2;;;/h1-5H;1H3;2*1H3;. The summed E-state index contributed by atoms with van der Waals surface area (Å²) in [6, 6.07) is 10.7. The molecule has 0 nitrogen and oxygen atoms in total. The first-order valence-corrected chi connectivity index (χ1v) is 12.7. The summed E-state index contributed by atoms with van der Waals surface area (Å²) in [6.45, 7) is 1.93. The van der Waals surface area contributed by atoms with E-state index in [0.29, 0.717) is 0 Å². The van der Waals surface area contributed by atoms with Gasteiger partial charge < -0.3 is 0 Å². The predicted octanol–water partition coefficient (Wildman–Crippen LogP) is 2.16. The Hall–Kier alpha value is -0.421. The second kappa shape index (κ2) is 4.00. The van der Waals surface area contributed by atoms with E-state index < -0.39 is 18.4 Å². The van der Waals surface area contributed by atoms with Crippen LogP contribution in [0.15, 0.2) is 30.3 Å². The average Bonchev–Trinajstić information content (AvgIpc) is 2.06. The van der Waals surface area contributed by atoms with Crippen molar-refractivity contribution in [2.45, 2.75) is 16.8 Å². The summed E-state index contributed by atoms with van der Waals surface area (Å²) in [5.41, 5.74) is 0. The van der Waals surface area contributed by atoms with Crippen molar-refractivity contribution in [3.8, 4) is 9.86 Å². The monoisotopic (exact) mass is 266 g/mol. The summed E-state index contributed by atoms with van der Waals surface area (Å²) in [4.78, 5) is 4.70. The fourth-order valence-corrected chi connectivity index (χ4v) is 6.36. The molecule has 0 aromatic heterocycles. The van der Waals surface area contributed by atoms with Gasteiger partial charge in [0.15, 0.2) is 0 Å². The van der Waals surface area contributed by atoms with Crippen LogP contribution in [-0.4, -0.2) is 18.4 Å². The van der Waals surface area contributed by atoms with Gasteiger partial charge in [0.2, 0.25) is 0 Å². The van der Waals surface area contributed by atoms with Gasteiger partial charge in [0, 0.05) is 0 Å². The summed E-state index contributed by atoms with van der Waals surface area (Å²) in [5, 5.41) is 0. The van der Waals surface area contributed by atoms with Gasteiger partial charge in [-0.15, -0.1) is 0 Å². The van der Waals surface area contributed by atoms with Crippen LogP contribution in [0.2, 0.25) is 9.88 Å². The number of benzene rings is 1. The zero-order chi connectivity index (χ0) is 9.03. The first-order valence-electron chi connectivity index (χ1n) is 4.16. The molecule has 0 aliphatic heterocycles. The Morgan fingerprint density at radius 1 is 1.08 bits per heavy atom. The first-order chi connectivity index (χ1) is 5.67. The van der Waals surface area contributed by atoms with E-state index in [9.17, 15) is 0 Å². The van der Waals surface area contributed by atoms with E-state index in [-0.39, 0.29) is 0 Å². The Labute approximate surface area is 78.9 Å². The molecular formula is C11H14Sn. The molecule has 1 rings (SSSR count). The summed E-state index contributed by atoms with van der Waals surface area (Å²) in [7, 11) is 0. The van der Waals surface area contributed by atoms with Crippen LogP contribution in [0.5, 0.6) is 0 Å². The number of rotatable bonds is 1. The Bertz CT molecular complexity index is 301. The van der Waals surface area contributed by atoms with Gasteiger partial charge >= 0.3 is 78.9 Å². The van der Waals surface area contributed by atoms with Crippen LogP contribution < -0.4 is 3.58 Å². The third-order valence-corrected chi connectivity index (χ3v) is 9.50. The second-order valence-electron chi connectivity index (χ2n) is 3.37. The van der Waals surface area contributed by atoms with E-state index in [2.05, 4.69) is 50.1 Å². The molecule has 0 amide bonds. The summed E-state index contributed by atoms with van der Waals surface area (Å²) >= 11 is -2.17. The van der Waals surface area contributed by atoms with Gasteiger partial charge in [-0.25, -0.2) is 0 Å². The third kappa shape index (κ3) is 2.28. The second-order valence-corrected chi connectivity index (χ2v) is 15.0. The molecule has 0 atom stereocenters. The molecule has 0 bridgehead atoms. The summed E-state index contributed by atoms with van der Waals surface area (Å²) in [6.07, 6.45) is 0. The normalized spacial score (nSPS) is 10.2. The van der Waals surface area contributed by atoms with Crippen LogP contribution in [0.4, 0.5) is 0 Å². The van der Waals surface area contributed by atoms with Crippen molar-refractivity contribution in [3.05, 3.63) is 30.3 Å². The van der Waals surface area contributed by atoms with E-state index >= 15 is 0 Å². The van der Waals surface area contributed by atoms with Crippen molar-refractivity contribution in [1.29, 1.82) is 0 Å². The Morgan fingerprint density at radius 2 is 1.67 bits per heavy atom. The SMILES string of the molecule is CC#[C][Sn]([CH3])([CH3])[c]1ccccc1. The quantitative estimate of drug-likeness (QED) is 0.539. The fraction of sp³-hybridized carbons (Fsp3) is 0.273. The average molecular weight is 265 g/mol. The predicted molar refractivity (Wildman–Crippen MR) is 57.0 cm³/mol. The Morgan fingerprint density at radius 3 is 2.17 bits per heavy atom. The molecule has 0 saturated carbocycles. The van der Waals surface area contributed by atoms with Crippen molar-refractivity contribution in [2.75, 3.05) is 0 Å². The molecule has 0 aliphatic rings. The van der Waals surface area contributed by atoms with Crippen LogP contribution >= 0.6 is 0 Å². The third-order valence-electron chi connectivity index (χ3n) is 1.93. The molecule has 0 spiro atoms. The molecule has 62 valence electrons. The topological polar surface area (TPSA) is 0 Å². The molecule has 0 unspecified atom stereocenters. The van der Waals surface area contributed by atoms with Crippen LogP contribution in [0.3, 0.4) is 0 Å². The van der Waals surface area contributed by atoms with Gasteiger partial charge in [-0.2, -0.15) is 0 Å². The van der Waals surface area contributed by atoms with Gasteiger partial charge in [-0.3, -0.25) is 0 Å². The first kappa shape index (κ1) is 9.67. The van der Waals surface area contributed by atoms with Crippen LogP contribution in [0, 0.1) is 9.86 Å². The van der Waals surface area contributed by atoms with Gasteiger partial charge in [0.1, 0.15) is 0 Å². The minimum absolute atomic E-state index is 1.49. The molecule has 1 heteroatoms. The molecule has 0 N–H and O–H groups in total. The van der Waals surface area contributed by atoms with E-state index in [1.54, 1.807) is 0 Å². The molecular weight excluding hydrogens is 251 g/mol. The maximum atomic E-state index is 3.40. The molecule has 0 saturated heterocycles. The van der Waals surface area contributed by atoms with Crippen molar-refractivity contribution in [2.24, 2.45) is 0 Å². The molecule has 12 heavy (non-hydrogen) atoms. The molecule has 1 aromatic rings. The van der Waals surface area contributed by atoms with E-state index in [1.165, 1.54) is 3.58 Å². The van der Waals surface area contributed by atoms with E-state index in [1.807, 2.05) is 6.92 Å². The van der Waals surface area contributed by atoms with Crippen molar-refractivity contribution < 1.29 is 0 Å². The van der Waals surface area contributed by atoms with E-state index in [0.717, 1.165) is 0 Å². The number of hydrogen-bond acceptors (Lipinski definition) is 0. The molecule has 0 radical (unpaired) electrons. The van der Waals surface area contributed by atoms with E-state index in [4.69, 9.17) is 0 Å². The fourth-order valence-electron chi connectivity index (χ4n) is 1.24. The number of hydrogen-bond donors (Lipinski definition) is 0. The van der Waals surface area contributed by atoms with Gasteiger partial charge in [-0.05, 0) is 0 Å². The Kier molecular flexibility index (Phi) is 3.22. The van der Waals surface area contributed by atoms with Crippen LogP contribution in [0.1, 0.15) is 6.92 Å². The molecule has 0 aliphatic carbocycles. The van der Waals surface area contributed by atoms with Gasteiger partial charge in [-0.1, -0.05) is 0 Å². The van der Waals surface area contributed by atoms with Crippen molar-refractivity contribution in [3.63, 3.8) is 0 Å². The summed E-state index contributed by atoms with van der Waals surface area (Å²) in [5.74, 6) is 3.05. The zero-order valence-corrected chi connectivity index (χ0v) is 10.7. The zero-order valence-electron chi connectivity index (χ0n) is 7.89. The van der Waals surface area contributed by atoms with Crippen molar-refractivity contribution >= 4 is 22.0 Å². The molecule has 0 fully saturated rings. The summed E-state index contributed by atoms with van der Waals surface area (Å²) < 4.78 is 4.89. The molecule has 0 heterocycles. The Balaban J connectivity index is 3.03. The van der Waals surface area contributed by atoms with Crippen LogP contribution in [-0.2, 0) is 0 Å². The minimum atomic E-state index is -2.17. The maximum absolute atomic E-state index is 3.40. The van der Waals surface area contributed by atoms with Gasteiger partial charge in [0.25, 0.3) is 0 Å².